The molecule has 2 aromatic rings. The Bertz CT molecular complexity index is 1070. The van der Waals surface area contributed by atoms with Crippen LogP contribution in [0, 0.1) is 5.92 Å². The molecular formula is C21H27N3O5S. The number of benzene rings is 1. The molecule has 30 heavy (non-hydrogen) atoms. The van der Waals surface area contributed by atoms with Crippen molar-refractivity contribution < 1.29 is 17.9 Å². The summed E-state index contributed by atoms with van der Waals surface area (Å²) in [4.78, 5) is 16.9. The second-order valence-electron chi connectivity index (χ2n) is 8.11. The summed E-state index contributed by atoms with van der Waals surface area (Å²) in [5.74, 6) is 1.48. The van der Waals surface area contributed by atoms with Crippen LogP contribution in [0.5, 0.6) is 11.5 Å². The van der Waals surface area contributed by atoms with Gasteiger partial charge in [-0.05, 0) is 36.8 Å². The van der Waals surface area contributed by atoms with Crippen molar-refractivity contribution in [3.63, 3.8) is 0 Å². The van der Waals surface area contributed by atoms with Crippen molar-refractivity contribution in [3.05, 3.63) is 46.6 Å². The summed E-state index contributed by atoms with van der Waals surface area (Å²) in [5.41, 5.74) is 0.733. The SMILES string of the molecule is CC(C)c1cc(=O)n(CC2CCN(S(=O)(=O)c3ccc4c(c3)OCCO4)CC2)cn1. The third kappa shape index (κ3) is 4.22. The summed E-state index contributed by atoms with van der Waals surface area (Å²) in [5, 5.41) is 0. The topological polar surface area (TPSA) is 90.7 Å². The molecule has 1 saturated heterocycles. The lowest BCUT2D eigenvalue weighted by atomic mass is 9.98. The highest BCUT2D eigenvalue weighted by atomic mass is 32.2. The number of sulfonamides is 1. The van der Waals surface area contributed by atoms with Crippen LogP contribution in [-0.2, 0) is 16.6 Å². The van der Waals surface area contributed by atoms with E-state index in [1.54, 1.807) is 29.1 Å². The Morgan fingerprint density at radius 3 is 2.47 bits per heavy atom. The van der Waals surface area contributed by atoms with Crippen LogP contribution in [-0.4, -0.2) is 48.6 Å². The minimum Gasteiger partial charge on any atom is -0.486 e. The molecule has 3 heterocycles. The van der Waals surface area contributed by atoms with Gasteiger partial charge >= 0.3 is 0 Å². The molecular weight excluding hydrogens is 406 g/mol. The van der Waals surface area contributed by atoms with E-state index >= 15 is 0 Å². The maximum absolute atomic E-state index is 13.1. The lowest BCUT2D eigenvalue weighted by molar-refractivity contribution is 0.171. The van der Waals surface area contributed by atoms with Crippen molar-refractivity contribution in [2.75, 3.05) is 26.3 Å². The molecule has 0 unspecified atom stereocenters. The highest BCUT2D eigenvalue weighted by Gasteiger charge is 2.30. The summed E-state index contributed by atoms with van der Waals surface area (Å²) in [6.45, 7) is 6.29. The second-order valence-corrected chi connectivity index (χ2v) is 10.0. The number of rotatable bonds is 5. The molecule has 0 radical (unpaired) electrons. The molecule has 162 valence electrons. The van der Waals surface area contributed by atoms with Gasteiger partial charge in [0.2, 0.25) is 10.0 Å². The van der Waals surface area contributed by atoms with E-state index in [2.05, 4.69) is 4.98 Å². The number of piperidine rings is 1. The first kappa shape index (κ1) is 20.9. The van der Waals surface area contributed by atoms with Crippen LogP contribution in [0.15, 0.2) is 40.3 Å². The standard InChI is InChI=1S/C21H27N3O5S/c1-15(2)18-12-21(25)23(14-22-18)13-16-5-7-24(8-6-16)30(26,27)17-3-4-19-20(11-17)29-10-9-28-19/h3-4,11-12,14-16H,5-10,13H2,1-2H3. The third-order valence-electron chi connectivity index (χ3n) is 5.67. The fraction of sp³-hybridized carbons (Fsp3) is 0.524. The molecule has 0 atom stereocenters. The Labute approximate surface area is 176 Å². The number of ether oxygens (including phenoxy) is 2. The first-order valence-corrected chi connectivity index (χ1v) is 11.7. The molecule has 2 aliphatic heterocycles. The first-order chi connectivity index (χ1) is 14.3. The lowest BCUT2D eigenvalue weighted by Gasteiger charge is -2.31. The van der Waals surface area contributed by atoms with Crippen LogP contribution in [0.1, 0.15) is 38.3 Å². The van der Waals surface area contributed by atoms with Crippen LogP contribution >= 0.6 is 0 Å². The van der Waals surface area contributed by atoms with Gasteiger partial charge in [0.15, 0.2) is 11.5 Å². The van der Waals surface area contributed by atoms with Gasteiger partial charge in [0.1, 0.15) is 13.2 Å². The highest BCUT2D eigenvalue weighted by molar-refractivity contribution is 7.89. The van der Waals surface area contributed by atoms with Gasteiger partial charge in [0.25, 0.3) is 5.56 Å². The zero-order chi connectivity index (χ0) is 21.3. The molecule has 8 nitrogen and oxygen atoms in total. The quantitative estimate of drug-likeness (QED) is 0.718. The molecule has 1 aromatic heterocycles. The minimum atomic E-state index is -3.60. The van der Waals surface area contributed by atoms with Gasteiger partial charge in [-0.3, -0.25) is 9.36 Å². The van der Waals surface area contributed by atoms with E-state index < -0.39 is 10.0 Å². The molecule has 0 saturated carbocycles. The zero-order valence-corrected chi connectivity index (χ0v) is 18.1. The summed E-state index contributed by atoms with van der Waals surface area (Å²) in [7, 11) is -3.60. The van der Waals surface area contributed by atoms with Crippen molar-refractivity contribution in [2.45, 2.75) is 44.0 Å². The molecule has 0 spiro atoms. The smallest absolute Gasteiger partial charge is 0.253 e. The molecule has 1 fully saturated rings. The molecule has 0 N–H and O–H groups in total. The summed E-state index contributed by atoms with van der Waals surface area (Å²) < 4.78 is 40.2. The Kier molecular flexibility index (Phi) is 5.84. The van der Waals surface area contributed by atoms with E-state index in [1.807, 2.05) is 13.8 Å². The van der Waals surface area contributed by atoms with Gasteiger partial charge in [-0.1, -0.05) is 13.8 Å². The number of aromatic nitrogens is 2. The Morgan fingerprint density at radius 1 is 1.10 bits per heavy atom. The summed E-state index contributed by atoms with van der Waals surface area (Å²) in [6, 6.07) is 6.34. The van der Waals surface area contributed by atoms with E-state index in [-0.39, 0.29) is 22.3 Å². The monoisotopic (exact) mass is 433 g/mol. The van der Waals surface area contributed by atoms with Crippen molar-refractivity contribution in [1.82, 2.24) is 13.9 Å². The van der Waals surface area contributed by atoms with Gasteiger partial charge in [0, 0.05) is 31.8 Å². The maximum Gasteiger partial charge on any atom is 0.253 e. The molecule has 1 aromatic carbocycles. The number of fused-ring (bicyclic) bond motifs is 1. The molecule has 0 aliphatic carbocycles. The van der Waals surface area contributed by atoms with Crippen LogP contribution in [0.25, 0.3) is 0 Å². The van der Waals surface area contributed by atoms with Crippen molar-refractivity contribution in [3.8, 4) is 11.5 Å². The Hall–Kier alpha value is -2.39. The maximum atomic E-state index is 13.1. The van der Waals surface area contributed by atoms with Crippen molar-refractivity contribution in [1.29, 1.82) is 0 Å². The van der Waals surface area contributed by atoms with E-state index in [0.717, 1.165) is 5.69 Å². The van der Waals surface area contributed by atoms with Crippen LogP contribution in [0.3, 0.4) is 0 Å². The van der Waals surface area contributed by atoms with Gasteiger partial charge in [-0.15, -0.1) is 0 Å². The Balaban J connectivity index is 1.41. The molecule has 2 aliphatic rings. The van der Waals surface area contributed by atoms with Crippen molar-refractivity contribution in [2.24, 2.45) is 5.92 Å². The largest absolute Gasteiger partial charge is 0.486 e. The van der Waals surface area contributed by atoms with Gasteiger partial charge in [0.05, 0.1) is 16.9 Å². The number of hydrogen-bond acceptors (Lipinski definition) is 6. The summed E-state index contributed by atoms with van der Waals surface area (Å²) in [6.07, 6.45) is 3.00. The second kappa shape index (κ2) is 8.39. The van der Waals surface area contributed by atoms with E-state index in [1.165, 1.54) is 10.4 Å². The van der Waals surface area contributed by atoms with E-state index in [0.29, 0.717) is 57.2 Å². The molecule has 9 heteroatoms. The lowest BCUT2D eigenvalue weighted by Crippen LogP contribution is -2.40. The van der Waals surface area contributed by atoms with E-state index in [9.17, 15) is 13.2 Å². The van der Waals surface area contributed by atoms with Gasteiger partial charge < -0.3 is 9.47 Å². The third-order valence-corrected chi connectivity index (χ3v) is 7.57. The average molecular weight is 434 g/mol. The highest BCUT2D eigenvalue weighted by Crippen LogP contribution is 2.34. The van der Waals surface area contributed by atoms with E-state index in [4.69, 9.17) is 9.47 Å². The number of hydrogen-bond donors (Lipinski definition) is 0. The molecule has 0 bridgehead atoms. The van der Waals surface area contributed by atoms with Gasteiger partial charge in [-0.25, -0.2) is 13.4 Å². The van der Waals surface area contributed by atoms with Crippen LogP contribution in [0.4, 0.5) is 0 Å². The minimum absolute atomic E-state index is 0.0555. The van der Waals surface area contributed by atoms with Crippen LogP contribution < -0.4 is 15.0 Å². The zero-order valence-electron chi connectivity index (χ0n) is 17.3. The normalized spacial score (nSPS) is 18.0. The predicted molar refractivity (Wildman–Crippen MR) is 112 cm³/mol. The average Bonchev–Trinajstić information content (AvgIpc) is 2.75. The van der Waals surface area contributed by atoms with Crippen LogP contribution in [0.2, 0.25) is 0 Å². The molecule has 4 rings (SSSR count). The van der Waals surface area contributed by atoms with Crippen molar-refractivity contribution >= 4 is 10.0 Å². The predicted octanol–water partition coefficient (Wildman–Crippen LogP) is 2.24. The Morgan fingerprint density at radius 2 is 1.80 bits per heavy atom. The molecule has 0 amide bonds. The fourth-order valence-electron chi connectivity index (χ4n) is 3.84. The fourth-order valence-corrected chi connectivity index (χ4v) is 5.32. The number of nitrogens with zero attached hydrogens (tertiary/aromatic N) is 3. The summed E-state index contributed by atoms with van der Waals surface area (Å²) >= 11 is 0. The van der Waals surface area contributed by atoms with Gasteiger partial charge in [-0.2, -0.15) is 4.31 Å². The first-order valence-electron chi connectivity index (χ1n) is 10.3.